The van der Waals surface area contributed by atoms with Crippen molar-refractivity contribution >= 4 is 17.3 Å². The second kappa shape index (κ2) is 5.45. The van der Waals surface area contributed by atoms with Gasteiger partial charge in [-0.2, -0.15) is 0 Å². The van der Waals surface area contributed by atoms with Gasteiger partial charge in [-0.05, 0) is 50.9 Å². The Morgan fingerprint density at radius 1 is 1.41 bits per heavy atom. The van der Waals surface area contributed by atoms with Crippen LogP contribution in [-0.4, -0.2) is 23.2 Å². The molecule has 0 spiro atoms. The van der Waals surface area contributed by atoms with Crippen LogP contribution in [0.1, 0.15) is 36.9 Å². The summed E-state index contributed by atoms with van der Waals surface area (Å²) in [5.74, 6) is 0.828. The average Bonchev–Trinajstić information content (AvgIpc) is 2.84. The molecule has 0 radical (unpaired) electrons. The van der Waals surface area contributed by atoms with E-state index in [1.54, 1.807) is 13.3 Å². The number of nitrogens with zero attached hydrogens (tertiary/aromatic N) is 1. The number of rotatable bonds is 3. The molecule has 0 unspecified atom stereocenters. The van der Waals surface area contributed by atoms with E-state index >= 15 is 0 Å². The van der Waals surface area contributed by atoms with Gasteiger partial charge in [0.1, 0.15) is 5.75 Å². The van der Waals surface area contributed by atoms with Gasteiger partial charge in [0.15, 0.2) is 5.05 Å². The van der Waals surface area contributed by atoms with Crippen LogP contribution in [0.15, 0.2) is 12.3 Å². The maximum atomic E-state index is 5.96. The molecule has 1 aliphatic carbocycles. The van der Waals surface area contributed by atoms with Gasteiger partial charge in [-0.1, -0.05) is 0 Å². The molecule has 2 rings (SSSR count). The van der Waals surface area contributed by atoms with Crippen molar-refractivity contribution in [3.8, 4) is 5.75 Å². The molecular weight excluding hydrogens is 234 g/mol. The molecule has 1 saturated carbocycles. The molecule has 1 aromatic rings. The summed E-state index contributed by atoms with van der Waals surface area (Å²) in [5.41, 5.74) is 1.71. The van der Waals surface area contributed by atoms with Gasteiger partial charge < -0.3 is 9.47 Å². The molecule has 1 aliphatic rings. The molecule has 1 heterocycles. The summed E-state index contributed by atoms with van der Waals surface area (Å²) in [5, 5.41) is 0.453. The van der Waals surface area contributed by atoms with E-state index in [1.165, 1.54) is 12.8 Å². The minimum Gasteiger partial charge on any atom is -0.489 e. The number of pyridine rings is 1. The Balaban J connectivity index is 2.16. The van der Waals surface area contributed by atoms with E-state index in [4.69, 9.17) is 21.7 Å². The highest BCUT2D eigenvalue weighted by atomic mass is 32.1. The Hall–Kier alpha value is -1.16. The molecule has 1 aromatic heterocycles. The smallest absolute Gasteiger partial charge is 0.192 e. The third-order valence-electron chi connectivity index (χ3n) is 3.06. The maximum Gasteiger partial charge on any atom is 0.192 e. The van der Waals surface area contributed by atoms with Crippen molar-refractivity contribution in [1.29, 1.82) is 0 Å². The van der Waals surface area contributed by atoms with E-state index in [-0.39, 0.29) is 0 Å². The number of aryl methyl sites for hydroxylation is 1. The van der Waals surface area contributed by atoms with Gasteiger partial charge in [0.2, 0.25) is 0 Å². The Labute approximate surface area is 107 Å². The number of aromatic nitrogens is 1. The third-order valence-corrected chi connectivity index (χ3v) is 3.46. The molecular formula is C13H17NO2S. The zero-order chi connectivity index (χ0) is 12.3. The number of hydrogen-bond donors (Lipinski definition) is 0. The standard InChI is InChI=1S/C13H17NO2S/c1-9-12(16-11-5-3-4-6-11)7-10(8-14-9)13(17)15-2/h7-8,11H,3-6H2,1-2H3. The number of methoxy groups -OCH3 is 1. The van der Waals surface area contributed by atoms with Crippen molar-refractivity contribution in [1.82, 2.24) is 4.98 Å². The van der Waals surface area contributed by atoms with Gasteiger partial charge in [-0.3, -0.25) is 4.98 Å². The molecule has 0 amide bonds. The first-order valence-electron chi connectivity index (χ1n) is 5.92. The quantitative estimate of drug-likeness (QED) is 0.773. The van der Waals surface area contributed by atoms with Crippen LogP contribution in [0.5, 0.6) is 5.75 Å². The van der Waals surface area contributed by atoms with Gasteiger partial charge in [0.05, 0.1) is 24.5 Å². The molecule has 0 aliphatic heterocycles. The fraction of sp³-hybridized carbons (Fsp3) is 0.538. The lowest BCUT2D eigenvalue weighted by atomic mass is 10.2. The second-order valence-corrected chi connectivity index (χ2v) is 4.69. The van der Waals surface area contributed by atoms with Crippen molar-refractivity contribution in [3.05, 3.63) is 23.5 Å². The van der Waals surface area contributed by atoms with Crippen LogP contribution < -0.4 is 4.74 Å². The zero-order valence-electron chi connectivity index (χ0n) is 10.2. The summed E-state index contributed by atoms with van der Waals surface area (Å²) < 4.78 is 11.0. The van der Waals surface area contributed by atoms with Crippen LogP contribution in [0, 0.1) is 6.92 Å². The molecule has 0 aromatic carbocycles. The summed E-state index contributed by atoms with van der Waals surface area (Å²) in [6.07, 6.45) is 6.85. The van der Waals surface area contributed by atoms with Crippen molar-refractivity contribution in [2.45, 2.75) is 38.7 Å². The number of hydrogen-bond acceptors (Lipinski definition) is 4. The molecule has 92 valence electrons. The topological polar surface area (TPSA) is 31.4 Å². The monoisotopic (exact) mass is 251 g/mol. The lowest BCUT2D eigenvalue weighted by molar-refractivity contribution is 0.207. The predicted octanol–water partition coefficient (Wildman–Crippen LogP) is 3.03. The molecule has 0 bridgehead atoms. The second-order valence-electron chi connectivity index (χ2n) is 4.32. The van der Waals surface area contributed by atoms with Crippen molar-refractivity contribution in [2.24, 2.45) is 0 Å². The summed E-state index contributed by atoms with van der Waals surface area (Å²) in [7, 11) is 1.57. The van der Waals surface area contributed by atoms with Crippen molar-refractivity contribution in [3.63, 3.8) is 0 Å². The largest absolute Gasteiger partial charge is 0.489 e. The normalized spacial score (nSPS) is 15.9. The lowest BCUT2D eigenvalue weighted by Crippen LogP contribution is -2.13. The Morgan fingerprint density at radius 2 is 2.12 bits per heavy atom. The summed E-state index contributed by atoms with van der Waals surface area (Å²) >= 11 is 5.09. The first-order valence-corrected chi connectivity index (χ1v) is 6.33. The molecule has 4 heteroatoms. The first-order chi connectivity index (χ1) is 8.20. The third kappa shape index (κ3) is 2.94. The SMILES string of the molecule is COC(=S)c1cnc(C)c(OC2CCCC2)c1. The van der Waals surface area contributed by atoms with E-state index in [9.17, 15) is 0 Å². The molecule has 17 heavy (non-hydrogen) atoms. The van der Waals surface area contributed by atoms with Gasteiger partial charge in [-0.15, -0.1) is 0 Å². The van der Waals surface area contributed by atoms with Gasteiger partial charge in [-0.25, -0.2) is 0 Å². The molecule has 0 N–H and O–H groups in total. The van der Waals surface area contributed by atoms with E-state index < -0.39 is 0 Å². The highest BCUT2D eigenvalue weighted by Crippen LogP contribution is 2.26. The fourth-order valence-corrected chi connectivity index (χ4v) is 2.16. The Morgan fingerprint density at radius 3 is 2.76 bits per heavy atom. The van der Waals surface area contributed by atoms with Crippen LogP contribution in [0.4, 0.5) is 0 Å². The van der Waals surface area contributed by atoms with Gasteiger partial charge in [0, 0.05) is 6.20 Å². The molecule has 3 nitrogen and oxygen atoms in total. The van der Waals surface area contributed by atoms with Gasteiger partial charge in [0.25, 0.3) is 0 Å². The van der Waals surface area contributed by atoms with Crippen LogP contribution in [-0.2, 0) is 4.74 Å². The van der Waals surface area contributed by atoms with Crippen LogP contribution in [0.3, 0.4) is 0 Å². The van der Waals surface area contributed by atoms with Crippen LogP contribution in [0.2, 0.25) is 0 Å². The number of ether oxygens (including phenoxy) is 2. The summed E-state index contributed by atoms with van der Waals surface area (Å²) in [6, 6.07) is 1.92. The van der Waals surface area contributed by atoms with E-state index in [2.05, 4.69) is 4.98 Å². The zero-order valence-corrected chi connectivity index (χ0v) is 11.0. The molecule has 1 fully saturated rings. The first kappa shape index (κ1) is 12.3. The van der Waals surface area contributed by atoms with E-state index in [0.717, 1.165) is 29.8 Å². The fourth-order valence-electron chi connectivity index (χ4n) is 2.05. The Bertz CT molecular complexity index is 414. The predicted molar refractivity (Wildman–Crippen MR) is 70.6 cm³/mol. The molecule has 0 atom stereocenters. The minimum absolute atomic E-state index is 0.335. The van der Waals surface area contributed by atoms with Crippen LogP contribution in [0.25, 0.3) is 0 Å². The maximum absolute atomic E-state index is 5.96. The van der Waals surface area contributed by atoms with Crippen LogP contribution >= 0.6 is 12.2 Å². The van der Waals surface area contributed by atoms with E-state index in [1.807, 2.05) is 13.0 Å². The molecule has 0 saturated heterocycles. The van der Waals surface area contributed by atoms with E-state index in [0.29, 0.717) is 11.2 Å². The lowest BCUT2D eigenvalue weighted by Gasteiger charge is -2.15. The number of thiocarbonyl (C=S) groups is 1. The van der Waals surface area contributed by atoms with Gasteiger partial charge >= 0.3 is 0 Å². The van der Waals surface area contributed by atoms with Crippen molar-refractivity contribution in [2.75, 3.05) is 7.11 Å². The highest BCUT2D eigenvalue weighted by molar-refractivity contribution is 7.80. The highest BCUT2D eigenvalue weighted by Gasteiger charge is 2.18. The average molecular weight is 251 g/mol. The Kier molecular flexibility index (Phi) is 3.94. The van der Waals surface area contributed by atoms with Crippen molar-refractivity contribution < 1.29 is 9.47 Å². The summed E-state index contributed by atoms with van der Waals surface area (Å²) in [6.45, 7) is 1.95. The summed E-state index contributed by atoms with van der Waals surface area (Å²) in [4.78, 5) is 4.30. The minimum atomic E-state index is 0.335.